The van der Waals surface area contributed by atoms with Crippen LogP contribution < -0.4 is 5.73 Å². The Labute approximate surface area is 133 Å². The number of ether oxygens (including phenoxy) is 2. The number of nitrogens with zero attached hydrogens (tertiary/aromatic N) is 4. The number of hydrogen-bond acceptors (Lipinski definition) is 9. The molecule has 126 valence electrons. The van der Waals surface area contributed by atoms with Gasteiger partial charge in [0.15, 0.2) is 17.7 Å². The highest BCUT2D eigenvalue weighted by Crippen LogP contribution is 2.42. The highest BCUT2D eigenvalue weighted by molar-refractivity contribution is 6.47. The van der Waals surface area contributed by atoms with Crippen molar-refractivity contribution in [2.75, 3.05) is 20.4 Å². The first-order valence-electron chi connectivity index (χ1n) is 7.79. The van der Waals surface area contributed by atoms with E-state index in [1.165, 1.54) is 13.4 Å². The number of hydrogen-bond donors (Lipinski definition) is 3. The second kappa shape index (κ2) is 5.32. The molecule has 0 aromatic rings. The van der Waals surface area contributed by atoms with E-state index in [0.29, 0.717) is 24.1 Å². The number of amidine groups is 1. The first-order chi connectivity index (χ1) is 11.1. The molecule has 1 saturated carbocycles. The Kier molecular flexibility index (Phi) is 3.50. The second-order valence-electron chi connectivity index (χ2n) is 6.35. The van der Waals surface area contributed by atoms with E-state index in [9.17, 15) is 10.2 Å². The van der Waals surface area contributed by atoms with Gasteiger partial charge >= 0.3 is 0 Å². The molecule has 4 N–H and O–H groups in total. The fourth-order valence-corrected chi connectivity index (χ4v) is 3.50. The summed E-state index contributed by atoms with van der Waals surface area (Å²) in [5.74, 6) is 0.911. The van der Waals surface area contributed by atoms with Gasteiger partial charge in [-0.25, -0.2) is 9.98 Å². The Balaban J connectivity index is 1.60. The molecule has 2 fully saturated rings. The molecule has 3 aliphatic heterocycles. The summed E-state index contributed by atoms with van der Waals surface area (Å²) >= 11 is 0. The quantitative estimate of drug-likeness (QED) is 0.566. The lowest BCUT2D eigenvalue weighted by Gasteiger charge is -2.33. The number of aliphatic imine (C=N–C) groups is 3. The van der Waals surface area contributed by atoms with Crippen molar-refractivity contribution in [3.8, 4) is 0 Å². The molecule has 4 rings (SSSR count). The molecule has 0 aromatic heterocycles. The number of nitrogens with two attached hydrogens (primary N) is 1. The van der Waals surface area contributed by atoms with Crippen molar-refractivity contribution in [1.82, 2.24) is 4.90 Å². The Morgan fingerprint density at radius 3 is 2.96 bits per heavy atom. The average molecular weight is 323 g/mol. The maximum absolute atomic E-state index is 10.2. The van der Waals surface area contributed by atoms with Crippen molar-refractivity contribution < 1.29 is 19.7 Å². The average Bonchev–Trinajstić information content (AvgIpc) is 3.25. The molecule has 9 heteroatoms. The zero-order valence-corrected chi connectivity index (χ0v) is 12.9. The van der Waals surface area contributed by atoms with E-state index in [4.69, 9.17) is 15.2 Å². The molecule has 23 heavy (non-hydrogen) atoms. The Morgan fingerprint density at radius 2 is 2.30 bits per heavy atom. The minimum atomic E-state index is -0.914. The monoisotopic (exact) mass is 323 g/mol. The van der Waals surface area contributed by atoms with Crippen LogP contribution in [0.15, 0.2) is 15.0 Å². The van der Waals surface area contributed by atoms with Crippen molar-refractivity contribution in [2.24, 2.45) is 26.6 Å². The van der Waals surface area contributed by atoms with Crippen LogP contribution in [0.3, 0.4) is 0 Å². The van der Waals surface area contributed by atoms with Crippen molar-refractivity contribution in [3.63, 3.8) is 0 Å². The van der Waals surface area contributed by atoms with Crippen LogP contribution in [0.5, 0.6) is 0 Å². The highest BCUT2D eigenvalue weighted by atomic mass is 16.6. The lowest BCUT2D eigenvalue weighted by molar-refractivity contribution is -0.0765. The minimum Gasteiger partial charge on any atom is -0.394 e. The fourth-order valence-electron chi connectivity index (χ4n) is 3.50. The van der Waals surface area contributed by atoms with Gasteiger partial charge in [-0.05, 0) is 12.8 Å². The number of rotatable bonds is 4. The van der Waals surface area contributed by atoms with Gasteiger partial charge in [-0.2, -0.15) is 0 Å². The van der Waals surface area contributed by atoms with Crippen LogP contribution in [-0.4, -0.2) is 83.6 Å². The first-order valence-corrected chi connectivity index (χ1v) is 7.79. The molecule has 0 aromatic carbocycles. The molecule has 1 saturated heterocycles. The zero-order valence-electron chi connectivity index (χ0n) is 12.9. The van der Waals surface area contributed by atoms with Crippen LogP contribution in [0.25, 0.3) is 0 Å². The van der Waals surface area contributed by atoms with Crippen molar-refractivity contribution in [2.45, 2.75) is 43.0 Å². The van der Waals surface area contributed by atoms with E-state index < -0.39 is 30.2 Å². The van der Waals surface area contributed by atoms with Gasteiger partial charge in [0.2, 0.25) is 0 Å². The summed E-state index contributed by atoms with van der Waals surface area (Å²) in [7, 11) is 1.50. The molecule has 0 amide bonds. The van der Waals surface area contributed by atoms with Crippen LogP contribution in [0, 0.1) is 5.92 Å². The summed E-state index contributed by atoms with van der Waals surface area (Å²) in [6, 6.07) is 0. The van der Waals surface area contributed by atoms with E-state index in [2.05, 4.69) is 15.0 Å². The lowest BCUT2D eigenvalue weighted by Crippen LogP contribution is -2.56. The molecular formula is C14H21N5O4. The van der Waals surface area contributed by atoms with Crippen LogP contribution in [-0.2, 0) is 9.47 Å². The topological polar surface area (TPSA) is 125 Å². The number of methoxy groups -OCH3 is 1. The van der Waals surface area contributed by atoms with E-state index in [1.54, 1.807) is 0 Å². The maximum Gasteiger partial charge on any atom is 0.162 e. The highest BCUT2D eigenvalue weighted by Gasteiger charge is 2.54. The number of aliphatic hydroxyl groups is 2. The Morgan fingerprint density at radius 1 is 1.52 bits per heavy atom. The van der Waals surface area contributed by atoms with Crippen LogP contribution >= 0.6 is 0 Å². The van der Waals surface area contributed by atoms with Gasteiger partial charge in [-0.1, -0.05) is 0 Å². The molecule has 1 unspecified atom stereocenters. The van der Waals surface area contributed by atoms with E-state index in [0.717, 1.165) is 12.8 Å². The van der Waals surface area contributed by atoms with Crippen molar-refractivity contribution in [3.05, 3.63) is 0 Å². The fraction of sp³-hybridized carbons (Fsp3) is 0.786. The minimum absolute atomic E-state index is 0.282. The van der Waals surface area contributed by atoms with Crippen LogP contribution in [0.4, 0.5) is 0 Å². The maximum atomic E-state index is 10.2. The molecule has 0 spiro atoms. The van der Waals surface area contributed by atoms with Crippen molar-refractivity contribution in [1.29, 1.82) is 0 Å². The largest absolute Gasteiger partial charge is 0.394 e. The van der Waals surface area contributed by atoms with Gasteiger partial charge in [0.05, 0.1) is 6.61 Å². The normalized spacial score (nSPS) is 42.7. The van der Waals surface area contributed by atoms with Gasteiger partial charge in [-0.15, -0.1) is 0 Å². The molecule has 0 bridgehead atoms. The van der Waals surface area contributed by atoms with Crippen LogP contribution in [0.2, 0.25) is 0 Å². The predicted octanol–water partition coefficient (Wildman–Crippen LogP) is -1.70. The van der Waals surface area contributed by atoms with Crippen LogP contribution in [0.1, 0.15) is 12.8 Å². The smallest absolute Gasteiger partial charge is 0.162 e. The van der Waals surface area contributed by atoms with Gasteiger partial charge < -0.3 is 30.3 Å². The summed E-state index contributed by atoms with van der Waals surface area (Å²) < 4.78 is 11.1. The first kappa shape index (κ1) is 15.2. The van der Waals surface area contributed by atoms with E-state index in [1.807, 2.05) is 4.90 Å². The summed E-state index contributed by atoms with van der Waals surface area (Å²) in [4.78, 5) is 15.0. The molecule has 4 aliphatic rings. The van der Waals surface area contributed by atoms with Gasteiger partial charge in [0.1, 0.15) is 37.0 Å². The number of fused-ring (bicyclic) bond motifs is 1. The molecule has 9 nitrogen and oxygen atoms in total. The molecule has 3 heterocycles. The summed E-state index contributed by atoms with van der Waals surface area (Å²) in [5.41, 5.74) is 6.31. The standard InChI is InChI=1S/C14H21N5O4/c1-22-10-9(21)8(4-20)23-13(10)19-6-17-11-12(19)16-5-18-14(11,15)7-2-3-7/h5,7-10,13,20-21H,2-4,6,15H2,1H3/t8-,9-,10-,13-,14?/m1/s1. The van der Waals surface area contributed by atoms with Gasteiger partial charge in [0, 0.05) is 13.0 Å². The third kappa shape index (κ3) is 2.15. The zero-order chi connectivity index (χ0) is 16.2. The molecular weight excluding hydrogens is 302 g/mol. The molecule has 0 radical (unpaired) electrons. The summed E-state index contributed by atoms with van der Waals surface area (Å²) in [6.45, 7) is 0.0362. The van der Waals surface area contributed by atoms with Gasteiger partial charge in [-0.3, -0.25) is 4.99 Å². The lowest BCUT2D eigenvalue weighted by atomic mass is 9.97. The Bertz CT molecular complexity index is 590. The summed E-state index contributed by atoms with van der Waals surface area (Å²) in [5, 5.41) is 19.6. The molecule has 1 aliphatic carbocycles. The second-order valence-corrected chi connectivity index (χ2v) is 6.35. The Hall–Kier alpha value is -1.39. The SMILES string of the molecule is CO[C@@H]1[C@H](O)[C@@H](CO)O[C@H]1N1CN=C2C1=NC=NC2(N)C1CC1. The van der Waals surface area contributed by atoms with E-state index in [-0.39, 0.29) is 6.61 Å². The third-order valence-corrected chi connectivity index (χ3v) is 4.97. The van der Waals surface area contributed by atoms with E-state index >= 15 is 0 Å². The van der Waals surface area contributed by atoms with Gasteiger partial charge in [0.25, 0.3) is 0 Å². The third-order valence-electron chi connectivity index (χ3n) is 4.97. The number of aliphatic hydroxyl groups excluding tert-OH is 2. The predicted molar refractivity (Wildman–Crippen MR) is 82.3 cm³/mol. The molecule has 5 atom stereocenters. The summed E-state index contributed by atoms with van der Waals surface area (Å²) in [6.07, 6.45) is 0.749. The van der Waals surface area contributed by atoms with Crippen molar-refractivity contribution >= 4 is 17.9 Å².